The number of cyclic esters (lactones) is 1. The minimum atomic E-state index is -0.394. The Labute approximate surface area is 200 Å². The highest BCUT2D eigenvalue weighted by Crippen LogP contribution is 2.36. The standard InChI is InChI=1S/C26H21IO5/c1-29-21-10-8-19(9-11-21)23-15-20(26(28)32-23)12-18-13-22(27)25(24(14-18)30-2)31-16-17-6-4-3-5-7-17/h3-15H,16H2,1-2H3/b20-12+. The Morgan fingerprint density at radius 3 is 2.41 bits per heavy atom. The van der Waals surface area contributed by atoms with Gasteiger partial charge in [0.25, 0.3) is 0 Å². The molecule has 0 saturated carbocycles. The van der Waals surface area contributed by atoms with E-state index in [1.165, 1.54) is 0 Å². The summed E-state index contributed by atoms with van der Waals surface area (Å²) in [6, 6.07) is 21.1. The molecule has 1 aliphatic rings. The molecule has 1 heterocycles. The number of carbonyl (C=O) groups excluding carboxylic acids is 1. The Balaban J connectivity index is 1.58. The van der Waals surface area contributed by atoms with Gasteiger partial charge in [-0.1, -0.05) is 30.3 Å². The molecule has 0 aromatic heterocycles. The van der Waals surface area contributed by atoms with Gasteiger partial charge in [0.05, 0.1) is 23.4 Å². The number of ether oxygens (including phenoxy) is 4. The summed E-state index contributed by atoms with van der Waals surface area (Å²) in [5.74, 6) is 2.13. The van der Waals surface area contributed by atoms with Crippen molar-refractivity contribution in [3.05, 3.63) is 98.6 Å². The largest absolute Gasteiger partial charge is 0.497 e. The maximum atomic E-state index is 12.4. The third-order valence-electron chi connectivity index (χ3n) is 4.90. The van der Waals surface area contributed by atoms with E-state index >= 15 is 0 Å². The Morgan fingerprint density at radius 2 is 1.72 bits per heavy atom. The van der Waals surface area contributed by atoms with E-state index in [4.69, 9.17) is 18.9 Å². The number of rotatable bonds is 7. The van der Waals surface area contributed by atoms with E-state index in [9.17, 15) is 4.79 Å². The van der Waals surface area contributed by atoms with Crippen LogP contribution in [-0.2, 0) is 16.1 Å². The molecule has 0 aliphatic carbocycles. The molecule has 1 aliphatic heterocycles. The van der Waals surface area contributed by atoms with Crippen LogP contribution in [0, 0.1) is 3.57 Å². The molecule has 0 fully saturated rings. The number of hydrogen-bond acceptors (Lipinski definition) is 5. The molecule has 0 unspecified atom stereocenters. The van der Waals surface area contributed by atoms with Crippen molar-refractivity contribution in [3.63, 3.8) is 0 Å². The Kier molecular flexibility index (Phi) is 6.80. The lowest BCUT2D eigenvalue weighted by Crippen LogP contribution is -2.00. The van der Waals surface area contributed by atoms with Gasteiger partial charge in [-0.05, 0) is 82.3 Å². The molecule has 4 rings (SSSR count). The second-order valence-electron chi connectivity index (χ2n) is 7.03. The van der Waals surface area contributed by atoms with Crippen LogP contribution in [0.3, 0.4) is 0 Å². The molecule has 6 heteroatoms. The van der Waals surface area contributed by atoms with E-state index < -0.39 is 5.97 Å². The monoisotopic (exact) mass is 540 g/mol. The Morgan fingerprint density at radius 1 is 0.969 bits per heavy atom. The van der Waals surface area contributed by atoms with Gasteiger partial charge < -0.3 is 18.9 Å². The van der Waals surface area contributed by atoms with Gasteiger partial charge in [0, 0.05) is 5.56 Å². The highest BCUT2D eigenvalue weighted by molar-refractivity contribution is 14.1. The van der Waals surface area contributed by atoms with Gasteiger partial charge >= 0.3 is 5.97 Å². The van der Waals surface area contributed by atoms with E-state index in [1.807, 2.05) is 66.7 Å². The molecule has 0 bridgehead atoms. The fourth-order valence-electron chi connectivity index (χ4n) is 3.26. The SMILES string of the molecule is COc1ccc(C2=C/C(=C\c3cc(I)c(OCc4ccccc4)c(OC)c3)C(=O)O2)cc1. The molecule has 5 nitrogen and oxygen atoms in total. The number of halogens is 1. The van der Waals surface area contributed by atoms with E-state index in [2.05, 4.69) is 22.6 Å². The van der Waals surface area contributed by atoms with Crippen LogP contribution in [-0.4, -0.2) is 20.2 Å². The lowest BCUT2D eigenvalue weighted by Gasteiger charge is -2.14. The predicted octanol–water partition coefficient (Wildman–Crippen LogP) is 5.87. The van der Waals surface area contributed by atoms with Gasteiger partial charge in [0.2, 0.25) is 0 Å². The molecule has 0 atom stereocenters. The smallest absolute Gasteiger partial charge is 0.343 e. The first-order valence-electron chi connectivity index (χ1n) is 9.91. The van der Waals surface area contributed by atoms with Gasteiger partial charge in [-0.15, -0.1) is 0 Å². The second kappa shape index (κ2) is 9.91. The highest BCUT2D eigenvalue weighted by Gasteiger charge is 2.22. The van der Waals surface area contributed by atoms with Crippen molar-refractivity contribution in [1.29, 1.82) is 0 Å². The molecule has 32 heavy (non-hydrogen) atoms. The fraction of sp³-hybridized carbons (Fsp3) is 0.115. The van der Waals surface area contributed by atoms with Crippen molar-refractivity contribution in [1.82, 2.24) is 0 Å². The second-order valence-corrected chi connectivity index (χ2v) is 8.20. The van der Waals surface area contributed by atoms with Crippen LogP contribution >= 0.6 is 22.6 Å². The molecule has 3 aromatic rings. The lowest BCUT2D eigenvalue weighted by atomic mass is 10.1. The summed E-state index contributed by atoms with van der Waals surface area (Å²) in [5.41, 5.74) is 3.16. The normalized spacial score (nSPS) is 14.2. The summed E-state index contributed by atoms with van der Waals surface area (Å²) in [6.45, 7) is 0.438. The maximum absolute atomic E-state index is 12.4. The lowest BCUT2D eigenvalue weighted by molar-refractivity contribution is -0.130. The first kappa shape index (κ1) is 22.0. The number of hydrogen-bond donors (Lipinski definition) is 0. The van der Waals surface area contributed by atoms with Crippen molar-refractivity contribution in [3.8, 4) is 17.2 Å². The minimum absolute atomic E-state index is 0.394. The molecule has 0 radical (unpaired) electrons. The fourth-order valence-corrected chi connectivity index (χ4v) is 4.04. The zero-order valence-corrected chi connectivity index (χ0v) is 19.8. The van der Waals surface area contributed by atoms with Crippen LogP contribution in [0.5, 0.6) is 17.2 Å². The average molecular weight is 540 g/mol. The summed E-state index contributed by atoms with van der Waals surface area (Å²) in [6.07, 6.45) is 3.52. The third-order valence-corrected chi connectivity index (χ3v) is 5.70. The van der Waals surface area contributed by atoms with Crippen LogP contribution < -0.4 is 14.2 Å². The molecule has 0 N–H and O–H groups in total. The Bertz CT molecular complexity index is 1180. The van der Waals surface area contributed by atoms with Crippen molar-refractivity contribution in [2.75, 3.05) is 14.2 Å². The van der Waals surface area contributed by atoms with Crippen molar-refractivity contribution in [2.45, 2.75) is 6.61 Å². The van der Waals surface area contributed by atoms with Crippen molar-refractivity contribution >= 4 is 40.4 Å². The van der Waals surface area contributed by atoms with Crippen LogP contribution in [0.15, 0.2) is 78.4 Å². The van der Waals surface area contributed by atoms with Crippen LogP contribution in [0.25, 0.3) is 11.8 Å². The molecule has 162 valence electrons. The van der Waals surface area contributed by atoms with Crippen LogP contribution in [0.4, 0.5) is 0 Å². The zero-order chi connectivity index (χ0) is 22.5. The summed E-state index contributed by atoms with van der Waals surface area (Å²) in [5, 5.41) is 0. The summed E-state index contributed by atoms with van der Waals surface area (Å²) in [4.78, 5) is 12.4. The minimum Gasteiger partial charge on any atom is -0.497 e. The number of methoxy groups -OCH3 is 2. The molecule has 3 aromatic carbocycles. The summed E-state index contributed by atoms with van der Waals surface area (Å²) >= 11 is 2.21. The molecule has 0 spiro atoms. The van der Waals surface area contributed by atoms with Gasteiger partial charge in [-0.3, -0.25) is 0 Å². The number of esters is 1. The summed E-state index contributed by atoms with van der Waals surface area (Å²) < 4.78 is 23.1. The molecule has 0 amide bonds. The summed E-state index contributed by atoms with van der Waals surface area (Å²) in [7, 11) is 3.21. The third kappa shape index (κ3) is 4.96. The first-order valence-corrected chi connectivity index (χ1v) is 11.0. The van der Waals surface area contributed by atoms with Gasteiger partial charge in [0.1, 0.15) is 18.1 Å². The quantitative estimate of drug-likeness (QED) is 0.213. The van der Waals surface area contributed by atoms with E-state index in [0.29, 0.717) is 29.4 Å². The van der Waals surface area contributed by atoms with Gasteiger partial charge in [-0.25, -0.2) is 4.79 Å². The maximum Gasteiger partial charge on any atom is 0.343 e. The highest BCUT2D eigenvalue weighted by atomic mass is 127. The predicted molar refractivity (Wildman–Crippen MR) is 132 cm³/mol. The van der Waals surface area contributed by atoms with Crippen LogP contribution in [0.1, 0.15) is 16.7 Å². The zero-order valence-electron chi connectivity index (χ0n) is 17.6. The van der Waals surface area contributed by atoms with Gasteiger partial charge in [-0.2, -0.15) is 0 Å². The molecular formula is C26H21IO5. The molecular weight excluding hydrogens is 519 g/mol. The van der Waals surface area contributed by atoms with Crippen LogP contribution in [0.2, 0.25) is 0 Å². The molecule has 0 saturated heterocycles. The number of benzene rings is 3. The topological polar surface area (TPSA) is 54.0 Å². The van der Waals surface area contributed by atoms with Crippen molar-refractivity contribution in [2.24, 2.45) is 0 Å². The average Bonchev–Trinajstić information content (AvgIpc) is 3.18. The van der Waals surface area contributed by atoms with Crippen molar-refractivity contribution < 1.29 is 23.7 Å². The number of carbonyl (C=O) groups is 1. The Hall–Kier alpha value is -3.26. The van der Waals surface area contributed by atoms with E-state index in [1.54, 1.807) is 26.4 Å². The van der Waals surface area contributed by atoms with E-state index in [0.717, 1.165) is 26.0 Å². The van der Waals surface area contributed by atoms with E-state index in [-0.39, 0.29) is 0 Å². The van der Waals surface area contributed by atoms with Gasteiger partial charge in [0.15, 0.2) is 11.5 Å². The first-order chi connectivity index (χ1) is 15.6.